The van der Waals surface area contributed by atoms with E-state index in [0.29, 0.717) is 25.0 Å². The van der Waals surface area contributed by atoms with Crippen LogP contribution >= 0.6 is 0 Å². The van der Waals surface area contributed by atoms with Gasteiger partial charge in [0.05, 0.1) is 0 Å². The summed E-state index contributed by atoms with van der Waals surface area (Å²) >= 11 is 0. The molecule has 0 aromatic rings. The fraction of sp³-hybridized carbons (Fsp3) is 1.00. The highest BCUT2D eigenvalue weighted by Crippen LogP contribution is 2.30. The van der Waals surface area contributed by atoms with Crippen molar-refractivity contribution >= 4 is 0 Å². The van der Waals surface area contributed by atoms with Gasteiger partial charge in [-0.25, -0.2) is 4.39 Å². The third-order valence-corrected chi connectivity index (χ3v) is 2.46. The molecule has 1 aliphatic heterocycles. The van der Waals surface area contributed by atoms with Crippen LogP contribution in [0.25, 0.3) is 0 Å². The molecule has 1 fully saturated rings. The number of alkyl halides is 1. The first-order valence-corrected chi connectivity index (χ1v) is 4.37. The molecule has 0 radical (unpaired) electrons. The Morgan fingerprint density at radius 1 is 1.55 bits per heavy atom. The molecule has 0 amide bonds. The van der Waals surface area contributed by atoms with Crippen LogP contribution in [0.2, 0.25) is 0 Å². The normalized spacial score (nSPS) is 40.4. The van der Waals surface area contributed by atoms with E-state index in [0.717, 1.165) is 0 Å². The van der Waals surface area contributed by atoms with E-state index in [4.69, 9.17) is 0 Å². The Balaban J connectivity index is 2.59. The van der Waals surface area contributed by atoms with Gasteiger partial charge in [-0.05, 0) is 34.1 Å². The van der Waals surface area contributed by atoms with Gasteiger partial charge in [0.25, 0.3) is 0 Å². The third-order valence-electron chi connectivity index (χ3n) is 2.46. The van der Waals surface area contributed by atoms with E-state index < -0.39 is 5.67 Å². The first kappa shape index (κ1) is 8.98. The number of halogens is 1. The minimum absolute atomic E-state index is 0.407. The summed E-state index contributed by atoms with van der Waals surface area (Å²) < 4.78 is 13.4. The van der Waals surface area contributed by atoms with Crippen LogP contribution in [0.15, 0.2) is 0 Å². The average molecular weight is 159 g/mol. The van der Waals surface area contributed by atoms with Gasteiger partial charge in [-0.15, -0.1) is 0 Å². The zero-order valence-corrected chi connectivity index (χ0v) is 7.89. The fourth-order valence-electron chi connectivity index (χ4n) is 2.03. The minimum atomic E-state index is -0.955. The second kappa shape index (κ2) is 2.74. The van der Waals surface area contributed by atoms with E-state index >= 15 is 0 Å². The predicted octanol–water partition coefficient (Wildman–Crippen LogP) is 2.22. The summed E-state index contributed by atoms with van der Waals surface area (Å²) in [6.07, 6.45) is 0.686. The van der Waals surface area contributed by atoms with Crippen LogP contribution < -0.4 is 0 Å². The number of hydrogen-bond acceptors (Lipinski definition) is 1. The Bertz CT molecular complexity index is 142. The maximum atomic E-state index is 13.4. The molecule has 1 aliphatic rings. The molecule has 0 bridgehead atoms. The lowest BCUT2D eigenvalue weighted by Crippen LogP contribution is -2.35. The van der Waals surface area contributed by atoms with Gasteiger partial charge < -0.3 is 0 Å². The van der Waals surface area contributed by atoms with E-state index in [1.165, 1.54) is 0 Å². The van der Waals surface area contributed by atoms with Crippen LogP contribution in [-0.4, -0.2) is 29.2 Å². The highest BCUT2D eigenvalue weighted by Gasteiger charge is 2.39. The number of nitrogens with zero attached hydrogens (tertiary/aromatic N) is 1. The summed E-state index contributed by atoms with van der Waals surface area (Å²) in [6, 6.07) is 0.882. The summed E-state index contributed by atoms with van der Waals surface area (Å²) in [6.45, 7) is 8.65. The lowest BCUT2D eigenvalue weighted by atomic mass is 10.1. The molecule has 1 rings (SSSR count). The van der Waals surface area contributed by atoms with Crippen LogP contribution in [0.3, 0.4) is 0 Å². The molecular weight excluding hydrogens is 141 g/mol. The van der Waals surface area contributed by atoms with E-state index in [2.05, 4.69) is 25.7 Å². The molecule has 2 heteroatoms. The summed E-state index contributed by atoms with van der Waals surface area (Å²) in [4.78, 5) is 2.22. The predicted molar refractivity (Wildman–Crippen MR) is 45.4 cm³/mol. The molecule has 0 N–H and O–H groups in total. The van der Waals surface area contributed by atoms with Crippen LogP contribution in [0, 0.1) is 0 Å². The van der Waals surface area contributed by atoms with Crippen LogP contribution in [-0.2, 0) is 0 Å². The highest BCUT2D eigenvalue weighted by atomic mass is 19.1. The monoisotopic (exact) mass is 159 g/mol. The fourth-order valence-corrected chi connectivity index (χ4v) is 2.03. The lowest BCUT2D eigenvalue weighted by molar-refractivity contribution is 0.166. The molecule has 0 spiro atoms. The van der Waals surface area contributed by atoms with Crippen molar-refractivity contribution in [3.05, 3.63) is 0 Å². The van der Waals surface area contributed by atoms with Crippen LogP contribution in [0.5, 0.6) is 0 Å². The highest BCUT2D eigenvalue weighted by molar-refractivity contribution is 4.92. The Morgan fingerprint density at radius 2 is 2.09 bits per heavy atom. The Labute approximate surface area is 68.6 Å². The first-order valence-electron chi connectivity index (χ1n) is 4.37. The van der Waals surface area contributed by atoms with Gasteiger partial charge in [-0.2, -0.15) is 0 Å². The summed E-state index contributed by atoms with van der Waals surface area (Å²) in [7, 11) is 0. The van der Waals surface area contributed by atoms with Crippen molar-refractivity contribution in [2.45, 2.75) is 51.9 Å². The molecular formula is C9H18FN. The lowest BCUT2D eigenvalue weighted by Gasteiger charge is -2.25. The zero-order chi connectivity index (χ0) is 8.65. The smallest absolute Gasteiger partial charge is 0.122 e. The maximum Gasteiger partial charge on any atom is 0.122 e. The minimum Gasteiger partial charge on any atom is -0.295 e. The van der Waals surface area contributed by atoms with Crippen molar-refractivity contribution in [3.63, 3.8) is 0 Å². The molecule has 0 aromatic heterocycles. The van der Waals surface area contributed by atoms with Gasteiger partial charge in [0, 0.05) is 18.6 Å². The molecule has 11 heavy (non-hydrogen) atoms. The van der Waals surface area contributed by atoms with Crippen molar-refractivity contribution in [1.29, 1.82) is 0 Å². The van der Waals surface area contributed by atoms with Crippen molar-refractivity contribution in [1.82, 2.24) is 4.90 Å². The summed E-state index contributed by atoms with van der Waals surface area (Å²) in [5.41, 5.74) is -0.955. The number of hydrogen-bond donors (Lipinski definition) is 0. The largest absolute Gasteiger partial charge is 0.295 e. The van der Waals surface area contributed by atoms with E-state index in [1.807, 2.05) is 0 Å². The van der Waals surface area contributed by atoms with Gasteiger partial charge in [0.15, 0.2) is 0 Å². The molecule has 0 aromatic carbocycles. The summed E-state index contributed by atoms with van der Waals surface area (Å²) in [5.74, 6) is 0. The van der Waals surface area contributed by atoms with Crippen LogP contribution in [0.1, 0.15) is 34.1 Å². The number of rotatable bonds is 1. The molecule has 2 unspecified atom stereocenters. The Hall–Kier alpha value is -0.110. The van der Waals surface area contributed by atoms with Crippen molar-refractivity contribution < 1.29 is 4.39 Å². The SMILES string of the molecule is CC(C)N1CC(C)(F)CC1C. The van der Waals surface area contributed by atoms with E-state index in [9.17, 15) is 4.39 Å². The average Bonchev–Trinajstić information content (AvgIpc) is 2.05. The zero-order valence-electron chi connectivity index (χ0n) is 7.89. The van der Waals surface area contributed by atoms with Gasteiger partial charge >= 0.3 is 0 Å². The van der Waals surface area contributed by atoms with Crippen LogP contribution in [0.4, 0.5) is 4.39 Å². The Morgan fingerprint density at radius 3 is 2.27 bits per heavy atom. The van der Waals surface area contributed by atoms with Gasteiger partial charge in [-0.1, -0.05) is 0 Å². The van der Waals surface area contributed by atoms with Crippen molar-refractivity contribution in [3.8, 4) is 0 Å². The van der Waals surface area contributed by atoms with Gasteiger partial charge in [-0.3, -0.25) is 4.90 Å². The standard InChI is InChI=1S/C9H18FN/c1-7(2)11-6-9(4,10)5-8(11)3/h7-8H,5-6H2,1-4H3. The summed E-state index contributed by atoms with van der Waals surface area (Å²) in [5, 5.41) is 0. The maximum absolute atomic E-state index is 13.4. The number of likely N-dealkylation sites (tertiary alicyclic amines) is 1. The molecule has 0 aliphatic carbocycles. The molecule has 1 saturated heterocycles. The topological polar surface area (TPSA) is 3.24 Å². The second-order valence-electron chi connectivity index (χ2n) is 4.23. The molecule has 1 nitrogen and oxygen atoms in total. The first-order chi connectivity index (χ1) is 4.92. The molecule has 0 saturated carbocycles. The molecule has 1 heterocycles. The van der Waals surface area contributed by atoms with E-state index in [-0.39, 0.29) is 0 Å². The van der Waals surface area contributed by atoms with Gasteiger partial charge in [0.1, 0.15) is 5.67 Å². The van der Waals surface area contributed by atoms with Crippen molar-refractivity contribution in [2.75, 3.05) is 6.54 Å². The third kappa shape index (κ3) is 1.92. The van der Waals surface area contributed by atoms with Crippen molar-refractivity contribution in [2.24, 2.45) is 0 Å². The Kier molecular flexibility index (Phi) is 2.24. The quantitative estimate of drug-likeness (QED) is 0.567. The van der Waals surface area contributed by atoms with Gasteiger partial charge in [0.2, 0.25) is 0 Å². The second-order valence-corrected chi connectivity index (χ2v) is 4.23. The molecule has 2 atom stereocenters. The molecule has 66 valence electrons. The van der Waals surface area contributed by atoms with E-state index in [1.54, 1.807) is 6.92 Å².